The summed E-state index contributed by atoms with van der Waals surface area (Å²) < 4.78 is 14.6. The SMILES string of the molecule is CCC1(CC)O[C@@H](n2cc(C)c(=O)[nH]c2=O)C(N=[N+]=[N-])[C@H]1C.CC[C@@]1(CO)O[C@@H](n2cc(C)c(=O)[nH]c2=O)C(N=[N+]=[N-])[C@H]1C. The van der Waals surface area contributed by atoms with E-state index in [1.54, 1.807) is 13.8 Å². The van der Waals surface area contributed by atoms with Gasteiger partial charge in [0.1, 0.15) is 12.5 Å². The summed E-state index contributed by atoms with van der Waals surface area (Å²) in [5.74, 6) is -0.329. The molecule has 2 fully saturated rings. The van der Waals surface area contributed by atoms with E-state index in [4.69, 9.17) is 20.5 Å². The minimum atomic E-state index is -0.896. The summed E-state index contributed by atoms with van der Waals surface area (Å²) in [6.07, 6.45) is 3.23. The van der Waals surface area contributed by atoms with E-state index >= 15 is 0 Å². The number of aliphatic hydroxyl groups is 1. The second-order valence-corrected chi connectivity index (χ2v) is 11.3. The van der Waals surface area contributed by atoms with Gasteiger partial charge in [-0.1, -0.05) is 44.8 Å². The highest BCUT2D eigenvalue weighted by Gasteiger charge is 2.53. The Labute approximate surface area is 252 Å². The topological polar surface area (TPSA) is 246 Å². The summed E-state index contributed by atoms with van der Waals surface area (Å²) in [4.78, 5) is 57.4. The zero-order valence-corrected chi connectivity index (χ0v) is 25.9. The predicted octanol–water partition coefficient (Wildman–Crippen LogP) is 3.08. The van der Waals surface area contributed by atoms with Crippen LogP contribution in [-0.2, 0) is 9.47 Å². The smallest absolute Gasteiger partial charge is 0.330 e. The zero-order valence-electron chi connectivity index (χ0n) is 25.9. The Hall–Kier alpha value is -4.14. The second kappa shape index (κ2) is 13.7. The quantitative estimate of drug-likeness (QED) is 0.227. The van der Waals surface area contributed by atoms with Gasteiger partial charge >= 0.3 is 11.4 Å². The normalized spacial score (nSPS) is 28.8. The van der Waals surface area contributed by atoms with E-state index in [0.29, 0.717) is 17.5 Å². The first-order chi connectivity index (χ1) is 20.8. The van der Waals surface area contributed by atoms with Crippen molar-refractivity contribution in [1.82, 2.24) is 19.1 Å². The molecule has 0 radical (unpaired) electrons. The number of azide groups is 2. The highest BCUT2D eigenvalue weighted by Crippen LogP contribution is 2.47. The maximum atomic E-state index is 12.1. The third-order valence-electron chi connectivity index (χ3n) is 9.25. The number of aromatic nitrogens is 4. The van der Waals surface area contributed by atoms with Crippen LogP contribution >= 0.6 is 0 Å². The van der Waals surface area contributed by atoms with Crippen LogP contribution < -0.4 is 22.5 Å². The number of nitrogens with one attached hydrogen (secondary N) is 2. The van der Waals surface area contributed by atoms with E-state index in [1.165, 1.54) is 21.5 Å². The second-order valence-electron chi connectivity index (χ2n) is 11.3. The monoisotopic (exact) mass is 616 g/mol. The Kier molecular flexibility index (Phi) is 10.7. The van der Waals surface area contributed by atoms with Crippen LogP contribution in [0.4, 0.5) is 0 Å². The molecule has 4 rings (SSSR count). The van der Waals surface area contributed by atoms with Crippen LogP contribution in [0.3, 0.4) is 0 Å². The minimum absolute atomic E-state index is 0.0393. The largest absolute Gasteiger partial charge is 0.393 e. The van der Waals surface area contributed by atoms with Crippen molar-refractivity contribution in [2.75, 3.05) is 6.61 Å². The molecule has 7 atom stereocenters. The fourth-order valence-corrected chi connectivity index (χ4v) is 6.14. The first-order valence-corrected chi connectivity index (χ1v) is 14.5. The first-order valence-electron chi connectivity index (χ1n) is 14.5. The third kappa shape index (κ3) is 6.10. The molecular weight excluding hydrogens is 576 g/mol. The van der Waals surface area contributed by atoms with E-state index in [0.717, 1.165) is 12.8 Å². The van der Waals surface area contributed by atoms with Crippen molar-refractivity contribution in [2.45, 2.75) is 103 Å². The highest BCUT2D eigenvalue weighted by atomic mass is 16.5. The summed E-state index contributed by atoms with van der Waals surface area (Å²) in [6, 6.07) is -1.17. The summed E-state index contributed by atoms with van der Waals surface area (Å²) in [5, 5.41) is 17.3. The first kappa shape index (κ1) is 34.4. The molecule has 0 aromatic carbocycles. The number of aliphatic hydroxyl groups excluding tert-OH is 1. The number of nitrogens with zero attached hydrogens (tertiary/aromatic N) is 8. The Bertz CT molecular complexity index is 1550. The van der Waals surface area contributed by atoms with Crippen molar-refractivity contribution in [1.29, 1.82) is 0 Å². The molecular formula is C27H40N10O7. The van der Waals surface area contributed by atoms with Crippen molar-refractivity contribution in [3.63, 3.8) is 0 Å². The van der Waals surface area contributed by atoms with Crippen LogP contribution in [-0.4, -0.2) is 54.1 Å². The maximum Gasteiger partial charge on any atom is 0.330 e. The Morgan fingerprint density at radius 2 is 1.16 bits per heavy atom. The lowest BCUT2D eigenvalue weighted by atomic mass is 9.82. The van der Waals surface area contributed by atoms with Gasteiger partial charge in [0.2, 0.25) is 0 Å². The fraction of sp³-hybridized carbons (Fsp3) is 0.704. The average Bonchev–Trinajstić information content (AvgIpc) is 3.44. The summed E-state index contributed by atoms with van der Waals surface area (Å²) in [6.45, 7) is 12.6. The van der Waals surface area contributed by atoms with Gasteiger partial charge in [-0.05, 0) is 50.1 Å². The van der Waals surface area contributed by atoms with Gasteiger partial charge in [-0.15, -0.1) is 0 Å². The van der Waals surface area contributed by atoms with E-state index < -0.39 is 58.2 Å². The van der Waals surface area contributed by atoms with Crippen LogP contribution in [0.5, 0.6) is 0 Å². The molecule has 240 valence electrons. The third-order valence-corrected chi connectivity index (χ3v) is 9.25. The van der Waals surface area contributed by atoms with Crippen LogP contribution in [0.15, 0.2) is 41.8 Å². The Morgan fingerprint density at radius 1 is 0.795 bits per heavy atom. The molecule has 0 spiro atoms. The number of aryl methyl sites for hydroxylation is 2. The van der Waals surface area contributed by atoms with Crippen molar-refractivity contribution in [3.8, 4) is 0 Å². The number of ether oxygens (including phenoxy) is 2. The zero-order chi connectivity index (χ0) is 33.0. The molecule has 2 aromatic rings. The van der Waals surface area contributed by atoms with Crippen LogP contribution in [0.1, 0.15) is 77.5 Å². The number of aromatic amines is 2. The molecule has 2 aliphatic heterocycles. The average molecular weight is 617 g/mol. The molecule has 3 N–H and O–H groups in total. The molecule has 4 heterocycles. The maximum absolute atomic E-state index is 12.1. The standard InChI is InChI=1S/C14H21N5O3.C13H19N5O4/c1-5-14(6-2)9(4)10(17-18-15)12(22-14)19-7-8(3)11(20)16-13(19)21;1-4-13(6-19)8(3)9(16-17-14)11(22-13)18-5-7(2)10(20)15-12(18)21/h7,9-10,12H,5-6H2,1-4H3,(H,16,20,21);5,8-9,11,19H,4,6H2,1-3H3,(H,15,20,21)/t9-,10?,12-;8-,9?,11-,13+/m11/s1. The van der Waals surface area contributed by atoms with Crippen molar-refractivity contribution in [2.24, 2.45) is 22.1 Å². The molecule has 2 saturated heterocycles. The Balaban J connectivity index is 0.000000240. The number of rotatable bonds is 8. The van der Waals surface area contributed by atoms with Gasteiger partial charge in [0.25, 0.3) is 11.1 Å². The van der Waals surface area contributed by atoms with Gasteiger partial charge in [-0.25, -0.2) is 9.59 Å². The van der Waals surface area contributed by atoms with Crippen molar-refractivity contribution >= 4 is 0 Å². The van der Waals surface area contributed by atoms with Crippen molar-refractivity contribution in [3.05, 3.63) is 86.1 Å². The van der Waals surface area contributed by atoms with E-state index in [-0.39, 0.29) is 18.4 Å². The van der Waals surface area contributed by atoms with Gasteiger partial charge in [-0.3, -0.25) is 28.7 Å². The molecule has 0 amide bonds. The lowest BCUT2D eigenvalue weighted by molar-refractivity contribution is -0.113. The van der Waals surface area contributed by atoms with Crippen LogP contribution in [0, 0.1) is 25.7 Å². The number of hydrogen-bond acceptors (Lipinski definition) is 9. The lowest BCUT2D eigenvalue weighted by Gasteiger charge is -2.31. The van der Waals surface area contributed by atoms with Crippen LogP contribution in [0.2, 0.25) is 0 Å². The Morgan fingerprint density at radius 3 is 1.50 bits per heavy atom. The van der Waals surface area contributed by atoms with Crippen molar-refractivity contribution < 1.29 is 14.6 Å². The summed E-state index contributed by atoms with van der Waals surface area (Å²) >= 11 is 0. The van der Waals surface area contributed by atoms with Gasteiger partial charge in [-0.2, -0.15) is 0 Å². The summed E-state index contributed by atoms with van der Waals surface area (Å²) in [7, 11) is 0. The van der Waals surface area contributed by atoms with E-state index in [2.05, 4.69) is 30.0 Å². The van der Waals surface area contributed by atoms with Crippen LogP contribution in [0.25, 0.3) is 20.9 Å². The molecule has 0 aliphatic carbocycles. The number of H-pyrrole nitrogens is 2. The molecule has 44 heavy (non-hydrogen) atoms. The molecule has 2 aliphatic rings. The van der Waals surface area contributed by atoms with Gasteiger partial charge in [0, 0.05) is 39.3 Å². The molecule has 0 saturated carbocycles. The predicted molar refractivity (Wildman–Crippen MR) is 160 cm³/mol. The lowest BCUT2D eigenvalue weighted by Crippen LogP contribution is -2.39. The van der Waals surface area contributed by atoms with E-state index in [1.807, 2.05) is 34.6 Å². The van der Waals surface area contributed by atoms with E-state index in [9.17, 15) is 24.3 Å². The molecule has 17 heteroatoms. The van der Waals surface area contributed by atoms with Gasteiger partial charge in [0.15, 0.2) is 0 Å². The van der Waals surface area contributed by atoms with Gasteiger partial charge in [0.05, 0.1) is 29.9 Å². The molecule has 0 bridgehead atoms. The summed E-state index contributed by atoms with van der Waals surface area (Å²) in [5.41, 5.74) is 14.9. The highest BCUT2D eigenvalue weighted by molar-refractivity contribution is 5.07. The minimum Gasteiger partial charge on any atom is -0.393 e. The number of hydrogen-bond donors (Lipinski definition) is 3. The fourth-order valence-electron chi connectivity index (χ4n) is 6.14. The van der Waals surface area contributed by atoms with Gasteiger partial charge < -0.3 is 14.6 Å². The molecule has 2 aromatic heterocycles. The molecule has 2 unspecified atom stereocenters. The molecule has 17 nitrogen and oxygen atoms in total.